The Bertz CT molecular complexity index is 1230. The third kappa shape index (κ3) is 5.69. The highest BCUT2D eigenvalue weighted by atomic mass is 16.5. The quantitative estimate of drug-likeness (QED) is 0.408. The summed E-state index contributed by atoms with van der Waals surface area (Å²) in [6.45, 7) is 4.04. The number of nitrogens with one attached hydrogen (secondary N) is 2. The first-order chi connectivity index (χ1) is 16.4. The van der Waals surface area contributed by atoms with Crippen molar-refractivity contribution in [3.63, 3.8) is 0 Å². The third-order valence-electron chi connectivity index (χ3n) is 5.32. The zero-order chi connectivity index (χ0) is 24.1. The fourth-order valence-electron chi connectivity index (χ4n) is 3.40. The topological polar surface area (TPSA) is 87.7 Å². The van der Waals surface area contributed by atoms with Crippen molar-refractivity contribution >= 4 is 29.6 Å². The fourth-order valence-corrected chi connectivity index (χ4v) is 3.40. The average molecular weight is 456 g/mol. The summed E-state index contributed by atoms with van der Waals surface area (Å²) in [5, 5.41) is 5.41. The number of hydrogen-bond acceptors (Lipinski definition) is 4. The van der Waals surface area contributed by atoms with Crippen LogP contribution in [0.25, 0.3) is 6.08 Å². The molecule has 172 valence electrons. The summed E-state index contributed by atoms with van der Waals surface area (Å²) in [6, 6.07) is 21.7. The van der Waals surface area contributed by atoms with Gasteiger partial charge in [-0.25, -0.2) is 4.79 Å². The van der Waals surface area contributed by atoms with E-state index in [-0.39, 0.29) is 30.7 Å². The molecule has 1 aliphatic rings. The number of imide groups is 1. The maximum Gasteiger partial charge on any atom is 0.329 e. The molecule has 3 aromatic carbocycles. The van der Waals surface area contributed by atoms with Crippen LogP contribution in [0.5, 0.6) is 5.75 Å². The van der Waals surface area contributed by atoms with Gasteiger partial charge in [-0.15, -0.1) is 0 Å². The zero-order valence-corrected chi connectivity index (χ0v) is 19.0. The van der Waals surface area contributed by atoms with E-state index in [9.17, 15) is 14.4 Å². The molecule has 1 fully saturated rings. The molecule has 0 unspecified atom stereocenters. The second-order valence-corrected chi connectivity index (χ2v) is 8.14. The van der Waals surface area contributed by atoms with Crippen LogP contribution in [0, 0.1) is 13.8 Å². The molecule has 7 nitrogen and oxygen atoms in total. The number of hydrogen-bond donors (Lipinski definition) is 2. The molecule has 0 aromatic heterocycles. The molecule has 0 saturated carbocycles. The van der Waals surface area contributed by atoms with Crippen LogP contribution in [0.4, 0.5) is 10.5 Å². The van der Waals surface area contributed by atoms with Crippen molar-refractivity contribution in [3.05, 3.63) is 101 Å². The van der Waals surface area contributed by atoms with Gasteiger partial charge in [0.1, 0.15) is 11.4 Å². The maximum absolute atomic E-state index is 12.7. The minimum Gasteiger partial charge on any atom is -0.484 e. The van der Waals surface area contributed by atoms with Crippen molar-refractivity contribution in [3.8, 4) is 5.75 Å². The summed E-state index contributed by atoms with van der Waals surface area (Å²) in [4.78, 5) is 38.3. The fraction of sp³-hybridized carbons (Fsp3) is 0.148. The van der Waals surface area contributed by atoms with Crippen LogP contribution in [0.3, 0.4) is 0 Å². The first kappa shape index (κ1) is 22.8. The van der Waals surface area contributed by atoms with Crippen LogP contribution in [0.2, 0.25) is 0 Å². The predicted octanol–water partition coefficient (Wildman–Crippen LogP) is 4.41. The van der Waals surface area contributed by atoms with E-state index in [0.29, 0.717) is 11.4 Å². The van der Waals surface area contributed by atoms with Crippen molar-refractivity contribution in [2.75, 3.05) is 11.9 Å². The molecule has 0 bridgehead atoms. The summed E-state index contributed by atoms with van der Waals surface area (Å²) in [5.41, 5.74) is 4.74. The number of rotatable bonds is 7. The molecule has 1 heterocycles. The van der Waals surface area contributed by atoms with Crippen LogP contribution >= 0.6 is 0 Å². The van der Waals surface area contributed by atoms with Gasteiger partial charge in [0.15, 0.2) is 6.61 Å². The number of carbonyl (C=O) groups excluding carboxylic acids is 3. The minimum absolute atomic E-state index is 0.128. The second kappa shape index (κ2) is 10.0. The molecule has 0 radical (unpaired) electrons. The zero-order valence-electron chi connectivity index (χ0n) is 19.0. The Morgan fingerprint density at radius 2 is 1.53 bits per heavy atom. The smallest absolute Gasteiger partial charge is 0.329 e. The molecular formula is C27H25N3O4. The van der Waals surface area contributed by atoms with Crippen molar-refractivity contribution < 1.29 is 19.1 Å². The van der Waals surface area contributed by atoms with E-state index in [2.05, 4.69) is 10.6 Å². The lowest BCUT2D eigenvalue weighted by atomic mass is 10.1. The molecule has 0 spiro atoms. The Hall–Kier alpha value is -4.39. The second-order valence-electron chi connectivity index (χ2n) is 8.14. The molecule has 1 aliphatic heterocycles. The Labute approximate surface area is 198 Å². The van der Waals surface area contributed by atoms with E-state index >= 15 is 0 Å². The van der Waals surface area contributed by atoms with Gasteiger partial charge in [-0.2, -0.15) is 0 Å². The molecule has 7 heteroatoms. The number of carbonyl (C=O) groups is 3. The van der Waals surface area contributed by atoms with Crippen LogP contribution < -0.4 is 15.4 Å². The first-order valence-electron chi connectivity index (χ1n) is 10.9. The lowest BCUT2D eigenvalue weighted by molar-refractivity contribution is -0.123. The largest absolute Gasteiger partial charge is 0.484 e. The lowest BCUT2D eigenvalue weighted by Crippen LogP contribution is -2.30. The number of amides is 4. The molecule has 2 N–H and O–H groups in total. The number of nitrogens with zero attached hydrogens (tertiary/aromatic N) is 1. The van der Waals surface area contributed by atoms with Crippen LogP contribution in [0.1, 0.15) is 22.3 Å². The standard InChI is InChI=1S/C27H25N3O4/c1-18-3-7-21(8-4-18)16-30-26(32)24(29-27(30)33)15-20-9-13-23(14-10-20)34-17-25(31)28-22-11-5-19(2)6-12-22/h3-15H,16-17H2,1-2H3,(H,28,31)(H,29,33)/b24-15+. The number of urea groups is 1. The number of ether oxygens (including phenoxy) is 1. The Morgan fingerprint density at radius 3 is 2.18 bits per heavy atom. The van der Waals surface area contributed by atoms with Gasteiger partial charge < -0.3 is 15.4 Å². The maximum atomic E-state index is 12.7. The lowest BCUT2D eigenvalue weighted by Gasteiger charge is -2.11. The highest BCUT2D eigenvalue weighted by Gasteiger charge is 2.33. The number of anilines is 1. The predicted molar refractivity (Wildman–Crippen MR) is 130 cm³/mol. The van der Waals surface area contributed by atoms with Gasteiger partial charge >= 0.3 is 6.03 Å². The Kier molecular flexibility index (Phi) is 6.73. The molecule has 0 atom stereocenters. The summed E-state index contributed by atoms with van der Waals surface area (Å²) < 4.78 is 5.54. The molecule has 4 rings (SSSR count). The van der Waals surface area contributed by atoms with Gasteiger partial charge in [0.05, 0.1) is 6.54 Å². The van der Waals surface area contributed by atoms with Crippen molar-refractivity contribution in [1.29, 1.82) is 0 Å². The van der Waals surface area contributed by atoms with E-state index < -0.39 is 6.03 Å². The van der Waals surface area contributed by atoms with Gasteiger partial charge in [-0.1, -0.05) is 59.7 Å². The molecule has 34 heavy (non-hydrogen) atoms. The number of benzene rings is 3. The Balaban J connectivity index is 1.33. The van der Waals surface area contributed by atoms with E-state index in [1.165, 1.54) is 4.90 Å². The summed E-state index contributed by atoms with van der Waals surface area (Å²) in [7, 11) is 0. The summed E-state index contributed by atoms with van der Waals surface area (Å²) in [6.07, 6.45) is 1.61. The molecular weight excluding hydrogens is 430 g/mol. The highest BCUT2D eigenvalue weighted by Crippen LogP contribution is 2.19. The SMILES string of the molecule is Cc1ccc(CN2C(=O)N/C(=C/c3ccc(OCC(=O)Nc4ccc(C)cc4)cc3)C2=O)cc1. The van der Waals surface area contributed by atoms with Gasteiger partial charge in [-0.05, 0) is 55.3 Å². The normalized spacial score (nSPS) is 14.3. The molecule has 0 aliphatic carbocycles. The summed E-state index contributed by atoms with van der Waals surface area (Å²) in [5.74, 6) is -0.120. The third-order valence-corrected chi connectivity index (χ3v) is 5.32. The van der Waals surface area contributed by atoms with Crippen molar-refractivity contribution in [2.45, 2.75) is 20.4 Å². The van der Waals surface area contributed by atoms with Gasteiger partial charge in [-0.3, -0.25) is 14.5 Å². The molecule has 1 saturated heterocycles. The Morgan fingerprint density at radius 1 is 0.912 bits per heavy atom. The van der Waals surface area contributed by atoms with E-state index in [1.807, 2.05) is 62.4 Å². The van der Waals surface area contributed by atoms with Crippen LogP contribution in [0.15, 0.2) is 78.5 Å². The minimum atomic E-state index is -0.448. The summed E-state index contributed by atoms with van der Waals surface area (Å²) >= 11 is 0. The highest BCUT2D eigenvalue weighted by molar-refractivity contribution is 6.13. The van der Waals surface area contributed by atoms with E-state index in [1.54, 1.807) is 30.3 Å². The van der Waals surface area contributed by atoms with Crippen LogP contribution in [-0.2, 0) is 16.1 Å². The van der Waals surface area contributed by atoms with E-state index in [0.717, 1.165) is 22.3 Å². The monoisotopic (exact) mass is 455 g/mol. The van der Waals surface area contributed by atoms with Crippen molar-refractivity contribution in [1.82, 2.24) is 10.2 Å². The van der Waals surface area contributed by atoms with Gasteiger partial charge in [0, 0.05) is 5.69 Å². The first-order valence-corrected chi connectivity index (χ1v) is 10.9. The van der Waals surface area contributed by atoms with Crippen molar-refractivity contribution in [2.24, 2.45) is 0 Å². The molecule has 4 amide bonds. The molecule has 3 aromatic rings. The van der Waals surface area contributed by atoms with E-state index in [4.69, 9.17) is 4.74 Å². The number of aryl methyl sites for hydroxylation is 2. The van der Waals surface area contributed by atoms with Gasteiger partial charge in [0.25, 0.3) is 11.8 Å². The van der Waals surface area contributed by atoms with Crippen LogP contribution in [-0.4, -0.2) is 29.4 Å². The van der Waals surface area contributed by atoms with Gasteiger partial charge in [0.2, 0.25) is 0 Å². The average Bonchev–Trinajstić information content (AvgIpc) is 3.09.